The van der Waals surface area contributed by atoms with Gasteiger partial charge < -0.3 is 14.8 Å². The number of hydrogen-bond donors (Lipinski definition) is 3. The monoisotopic (exact) mass is 472 g/mol. The van der Waals surface area contributed by atoms with Crippen molar-refractivity contribution in [3.63, 3.8) is 0 Å². The van der Waals surface area contributed by atoms with E-state index < -0.39 is 16.5 Å². The number of amides is 1. The lowest BCUT2D eigenvalue weighted by atomic mass is 10.2. The van der Waals surface area contributed by atoms with Gasteiger partial charge >= 0.3 is 5.69 Å². The number of aromatic nitrogens is 2. The van der Waals surface area contributed by atoms with Crippen molar-refractivity contribution in [2.24, 2.45) is 0 Å². The van der Waals surface area contributed by atoms with Crippen LogP contribution in [0.5, 0.6) is 11.5 Å². The van der Waals surface area contributed by atoms with Crippen molar-refractivity contribution in [2.75, 3.05) is 17.5 Å². The Morgan fingerprint density at radius 1 is 1.10 bits per heavy atom. The molecule has 3 N–H and O–H groups in total. The maximum Gasteiger partial charge on any atom is 0.355 e. The largest absolute Gasteiger partial charge is 0.454 e. The van der Waals surface area contributed by atoms with E-state index in [9.17, 15) is 14.9 Å². The number of nitrogens with zero attached hydrogens (tertiary/aromatic N) is 3. The maximum absolute atomic E-state index is 12.3. The first-order chi connectivity index (χ1) is 14.5. The van der Waals surface area contributed by atoms with Crippen LogP contribution in [0.25, 0.3) is 0 Å². The molecular weight excluding hydrogens is 460 g/mol. The molecule has 4 rings (SSSR count). The van der Waals surface area contributed by atoms with Crippen LogP contribution in [0.3, 0.4) is 0 Å². The van der Waals surface area contributed by atoms with Gasteiger partial charge in [-0.3, -0.25) is 25.8 Å². The Balaban J connectivity index is 1.56. The molecule has 0 bridgehead atoms. The second-order valence-electron chi connectivity index (χ2n) is 5.93. The molecule has 1 aliphatic heterocycles. The van der Waals surface area contributed by atoms with Gasteiger partial charge in [-0.15, -0.1) is 0 Å². The predicted molar refractivity (Wildman–Crippen MR) is 110 cm³/mol. The number of carbonyl (C=O) groups is 1. The quantitative estimate of drug-likeness (QED) is 0.363. The lowest BCUT2D eigenvalue weighted by molar-refractivity contribution is -0.383. The van der Waals surface area contributed by atoms with Crippen LogP contribution in [0.2, 0.25) is 0 Å². The molecule has 1 aliphatic rings. The molecule has 0 atom stereocenters. The highest BCUT2D eigenvalue weighted by molar-refractivity contribution is 9.10. The van der Waals surface area contributed by atoms with Crippen LogP contribution in [0.4, 0.5) is 23.0 Å². The molecule has 12 heteroatoms. The van der Waals surface area contributed by atoms with Gasteiger partial charge in [0, 0.05) is 16.2 Å². The first-order valence-corrected chi connectivity index (χ1v) is 9.29. The van der Waals surface area contributed by atoms with Crippen molar-refractivity contribution in [3.05, 3.63) is 68.9 Å². The third kappa shape index (κ3) is 3.93. The molecule has 0 fully saturated rings. The molecule has 0 saturated heterocycles. The summed E-state index contributed by atoms with van der Waals surface area (Å²) in [7, 11) is 0. The van der Waals surface area contributed by atoms with E-state index in [4.69, 9.17) is 9.47 Å². The summed E-state index contributed by atoms with van der Waals surface area (Å²) in [6.07, 6.45) is 1.13. The Labute approximate surface area is 177 Å². The van der Waals surface area contributed by atoms with Gasteiger partial charge in [0.25, 0.3) is 5.91 Å². The molecule has 0 spiro atoms. The zero-order valence-corrected chi connectivity index (χ0v) is 16.7. The number of benzene rings is 2. The first kappa shape index (κ1) is 19.4. The Kier molecular flexibility index (Phi) is 5.30. The van der Waals surface area contributed by atoms with Gasteiger partial charge in [-0.25, -0.2) is 9.97 Å². The molecule has 2 heterocycles. The second kappa shape index (κ2) is 8.21. The third-order valence-electron chi connectivity index (χ3n) is 4.05. The SMILES string of the molecule is O=C(NNc1ncnc(Nc2ccc3c(c2)OCO3)c1[N+](=O)[O-])c1ccccc1Br. The summed E-state index contributed by atoms with van der Waals surface area (Å²) < 4.78 is 11.1. The third-order valence-corrected chi connectivity index (χ3v) is 4.74. The number of nitrogens with one attached hydrogen (secondary N) is 3. The summed E-state index contributed by atoms with van der Waals surface area (Å²) in [6.45, 7) is 0.109. The fourth-order valence-corrected chi connectivity index (χ4v) is 3.14. The zero-order chi connectivity index (χ0) is 21.1. The van der Waals surface area contributed by atoms with Crippen LogP contribution in [-0.2, 0) is 0 Å². The number of carbonyl (C=O) groups excluding carboxylic acids is 1. The highest BCUT2D eigenvalue weighted by Gasteiger charge is 2.24. The Bertz CT molecular complexity index is 1140. The van der Waals surface area contributed by atoms with Gasteiger partial charge in [-0.05, 0) is 40.2 Å². The summed E-state index contributed by atoms with van der Waals surface area (Å²) in [5.41, 5.74) is 5.30. The van der Waals surface area contributed by atoms with E-state index in [1.165, 1.54) is 0 Å². The van der Waals surface area contributed by atoms with Crippen LogP contribution in [0.1, 0.15) is 10.4 Å². The molecule has 11 nitrogen and oxygen atoms in total. The fourth-order valence-electron chi connectivity index (χ4n) is 2.67. The van der Waals surface area contributed by atoms with Crippen LogP contribution < -0.4 is 25.6 Å². The Hall–Kier alpha value is -3.93. The normalized spacial score (nSPS) is 11.6. The van der Waals surface area contributed by atoms with Crippen LogP contribution in [0, 0.1) is 10.1 Å². The average Bonchev–Trinajstić information content (AvgIpc) is 3.20. The van der Waals surface area contributed by atoms with Gasteiger partial charge in [-0.1, -0.05) is 12.1 Å². The topological polar surface area (TPSA) is 141 Å². The minimum absolute atomic E-state index is 0.0634. The second-order valence-corrected chi connectivity index (χ2v) is 6.78. The molecule has 0 aliphatic carbocycles. The van der Waals surface area contributed by atoms with E-state index in [-0.39, 0.29) is 18.4 Å². The highest BCUT2D eigenvalue weighted by Crippen LogP contribution is 2.37. The summed E-state index contributed by atoms with van der Waals surface area (Å²) in [6, 6.07) is 11.7. The van der Waals surface area contributed by atoms with Crippen molar-refractivity contribution < 1.29 is 19.2 Å². The summed E-state index contributed by atoms with van der Waals surface area (Å²) in [4.78, 5) is 31.2. The fraction of sp³-hybridized carbons (Fsp3) is 0.0556. The number of ether oxygens (including phenoxy) is 2. The van der Waals surface area contributed by atoms with Crippen molar-refractivity contribution in [1.29, 1.82) is 0 Å². The maximum atomic E-state index is 12.3. The number of anilines is 3. The number of fused-ring (bicyclic) bond motifs is 1. The molecule has 3 aromatic rings. The van der Waals surface area contributed by atoms with Crippen molar-refractivity contribution in [1.82, 2.24) is 15.4 Å². The molecule has 152 valence electrons. The molecule has 0 radical (unpaired) electrons. The van der Waals surface area contributed by atoms with Crippen LogP contribution in [0.15, 0.2) is 53.3 Å². The minimum atomic E-state index is -0.651. The minimum Gasteiger partial charge on any atom is -0.454 e. The van der Waals surface area contributed by atoms with E-state index in [1.807, 2.05) is 0 Å². The molecule has 0 unspecified atom stereocenters. The lowest BCUT2D eigenvalue weighted by Gasteiger charge is -2.11. The standard InChI is InChI=1S/C18H13BrN6O5/c19-12-4-2-1-3-11(12)18(26)24-23-17-15(25(27)28)16(20-8-21-17)22-10-5-6-13-14(7-10)30-9-29-13/h1-8H,9H2,(H,24,26)(H2,20,21,22,23). The lowest BCUT2D eigenvalue weighted by Crippen LogP contribution is -2.30. The summed E-state index contributed by atoms with van der Waals surface area (Å²) in [5, 5.41) is 14.5. The molecule has 2 aromatic carbocycles. The van der Waals surface area contributed by atoms with Gasteiger partial charge in [0.05, 0.1) is 10.5 Å². The number of nitro groups is 1. The number of hydrogen-bond acceptors (Lipinski definition) is 9. The first-order valence-electron chi connectivity index (χ1n) is 8.50. The molecule has 1 amide bonds. The van der Waals surface area contributed by atoms with Crippen LogP contribution in [-0.4, -0.2) is 27.6 Å². The Morgan fingerprint density at radius 2 is 1.87 bits per heavy atom. The Morgan fingerprint density at radius 3 is 2.67 bits per heavy atom. The zero-order valence-electron chi connectivity index (χ0n) is 15.1. The van der Waals surface area contributed by atoms with Crippen LogP contribution >= 0.6 is 15.9 Å². The van der Waals surface area contributed by atoms with Gasteiger partial charge in [0.1, 0.15) is 6.33 Å². The van der Waals surface area contributed by atoms with Gasteiger partial charge in [0.2, 0.25) is 18.4 Å². The molecular formula is C18H13BrN6O5. The molecule has 1 aromatic heterocycles. The predicted octanol–water partition coefficient (Wildman–Crippen LogP) is 3.38. The van der Waals surface area contributed by atoms with Crippen molar-refractivity contribution >= 4 is 44.8 Å². The molecule has 0 saturated carbocycles. The number of halogens is 1. The van der Waals surface area contributed by atoms with E-state index in [0.717, 1.165) is 6.33 Å². The van der Waals surface area contributed by atoms with Crippen molar-refractivity contribution in [3.8, 4) is 11.5 Å². The van der Waals surface area contributed by atoms with Gasteiger partial charge in [-0.2, -0.15) is 0 Å². The summed E-state index contributed by atoms with van der Waals surface area (Å²) >= 11 is 3.28. The van der Waals surface area contributed by atoms with E-state index in [1.54, 1.807) is 42.5 Å². The smallest absolute Gasteiger partial charge is 0.355 e. The van der Waals surface area contributed by atoms with Gasteiger partial charge in [0.15, 0.2) is 11.5 Å². The van der Waals surface area contributed by atoms with E-state index >= 15 is 0 Å². The van der Waals surface area contributed by atoms with Crippen molar-refractivity contribution in [2.45, 2.75) is 0 Å². The molecule has 30 heavy (non-hydrogen) atoms. The average molecular weight is 473 g/mol. The number of hydrazine groups is 1. The number of rotatable bonds is 6. The van der Waals surface area contributed by atoms with E-state index in [0.29, 0.717) is 27.2 Å². The highest BCUT2D eigenvalue weighted by atomic mass is 79.9. The van der Waals surface area contributed by atoms with E-state index in [2.05, 4.69) is 42.1 Å². The summed E-state index contributed by atoms with van der Waals surface area (Å²) in [5.74, 6) is 0.344.